The molecule has 194 valence electrons. The standard InChI is InChI=1S/C30H35N3O3S/c1-2-25(22-11-4-3-5-12-22)30(34)31-24-17-18-28(33-19-8-9-20-33)29(21-24)37(35,36)32-27-16-10-14-23-13-6-7-15-26(23)27/h3-7,11-13,15,17-18,21,25,27,32H,2,8-10,14,16,19-20H2,1H3,(H,31,34)/t25-,27-/m1/s1. The van der Waals surface area contributed by atoms with Crippen LogP contribution in [0.3, 0.4) is 0 Å². The molecule has 0 radical (unpaired) electrons. The molecule has 7 heteroatoms. The Balaban J connectivity index is 1.45. The lowest BCUT2D eigenvalue weighted by molar-refractivity contribution is -0.117. The number of hydrogen-bond acceptors (Lipinski definition) is 4. The minimum Gasteiger partial charge on any atom is -0.370 e. The van der Waals surface area contributed by atoms with Crippen molar-refractivity contribution in [3.05, 3.63) is 89.5 Å². The largest absolute Gasteiger partial charge is 0.370 e. The summed E-state index contributed by atoms with van der Waals surface area (Å²) in [5.41, 5.74) is 4.39. The molecule has 2 atom stereocenters. The van der Waals surface area contributed by atoms with E-state index in [0.29, 0.717) is 17.8 Å². The zero-order chi connectivity index (χ0) is 25.8. The number of carbonyl (C=O) groups excluding carboxylic acids is 1. The van der Waals surface area contributed by atoms with Crippen molar-refractivity contribution in [2.75, 3.05) is 23.3 Å². The highest BCUT2D eigenvalue weighted by Crippen LogP contribution is 2.35. The lowest BCUT2D eigenvalue weighted by atomic mass is 9.88. The number of carbonyl (C=O) groups is 1. The highest BCUT2D eigenvalue weighted by molar-refractivity contribution is 7.89. The fourth-order valence-electron chi connectivity index (χ4n) is 5.64. The van der Waals surface area contributed by atoms with Crippen molar-refractivity contribution in [1.29, 1.82) is 0 Å². The van der Waals surface area contributed by atoms with Gasteiger partial charge in [0.05, 0.1) is 11.6 Å². The Morgan fingerprint density at radius 1 is 0.973 bits per heavy atom. The molecule has 0 aromatic heterocycles. The van der Waals surface area contributed by atoms with Crippen molar-refractivity contribution in [2.45, 2.75) is 62.3 Å². The maximum absolute atomic E-state index is 13.9. The predicted molar refractivity (Wildman–Crippen MR) is 148 cm³/mol. The van der Waals surface area contributed by atoms with Gasteiger partial charge < -0.3 is 10.2 Å². The number of hydrogen-bond donors (Lipinski definition) is 2. The first-order chi connectivity index (χ1) is 18.0. The molecule has 2 N–H and O–H groups in total. The number of fused-ring (bicyclic) bond motifs is 1. The Hall–Kier alpha value is -3.16. The molecule has 1 amide bonds. The summed E-state index contributed by atoms with van der Waals surface area (Å²) in [6, 6.07) is 22.8. The monoisotopic (exact) mass is 517 g/mol. The Morgan fingerprint density at radius 2 is 1.70 bits per heavy atom. The van der Waals surface area contributed by atoms with Gasteiger partial charge in [-0.3, -0.25) is 4.79 Å². The van der Waals surface area contributed by atoms with Crippen LogP contribution in [0.15, 0.2) is 77.7 Å². The molecule has 1 aliphatic carbocycles. The molecule has 1 aliphatic heterocycles. The second-order valence-corrected chi connectivity index (χ2v) is 11.7. The van der Waals surface area contributed by atoms with Gasteiger partial charge in [-0.05, 0) is 73.4 Å². The summed E-state index contributed by atoms with van der Waals surface area (Å²) in [6.07, 6.45) is 5.40. The summed E-state index contributed by atoms with van der Waals surface area (Å²) in [5.74, 6) is -0.448. The molecule has 0 bridgehead atoms. The van der Waals surface area contributed by atoms with E-state index in [4.69, 9.17) is 0 Å². The predicted octanol–water partition coefficient (Wildman–Crippen LogP) is 5.78. The van der Waals surface area contributed by atoms with Gasteiger partial charge in [0.25, 0.3) is 0 Å². The maximum Gasteiger partial charge on any atom is 0.243 e. The summed E-state index contributed by atoms with van der Waals surface area (Å²) in [7, 11) is -3.85. The zero-order valence-electron chi connectivity index (χ0n) is 21.3. The molecule has 6 nitrogen and oxygen atoms in total. The van der Waals surface area contributed by atoms with Gasteiger partial charge in [0.2, 0.25) is 15.9 Å². The van der Waals surface area contributed by atoms with Crippen LogP contribution in [-0.4, -0.2) is 27.4 Å². The third kappa shape index (κ3) is 5.58. The van der Waals surface area contributed by atoms with Crippen LogP contribution in [0.25, 0.3) is 0 Å². The number of anilines is 2. The molecule has 3 aromatic carbocycles. The van der Waals surface area contributed by atoms with E-state index in [1.165, 1.54) is 5.56 Å². The minimum atomic E-state index is -3.85. The van der Waals surface area contributed by atoms with Crippen LogP contribution in [0.4, 0.5) is 11.4 Å². The van der Waals surface area contributed by atoms with Crippen molar-refractivity contribution in [3.63, 3.8) is 0 Å². The van der Waals surface area contributed by atoms with Crippen LogP contribution < -0.4 is 14.9 Å². The molecule has 0 spiro atoms. The second kappa shape index (κ2) is 11.1. The van der Waals surface area contributed by atoms with E-state index in [1.807, 2.05) is 67.6 Å². The van der Waals surface area contributed by atoms with E-state index in [-0.39, 0.29) is 22.8 Å². The van der Waals surface area contributed by atoms with Crippen molar-refractivity contribution in [3.8, 4) is 0 Å². The van der Waals surface area contributed by atoms with Gasteiger partial charge in [0.1, 0.15) is 4.90 Å². The fourth-order valence-corrected chi connectivity index (χ4v) is 7.14. The Kier molecular flexibility index (Phi) is 7.63. The maximum atomic E-state index is 13.9. The molecule has 2 aliphatic rings. The lowest BCUT2D eigenvalue weighted by Crippen LogP contribution is -2.32. The summed E-state index contributed by atoms with van der Waals surface area (Å²) in [4.78, 5) is 15.6. The van der Waals surface area contributed by atoms with Crippen LogP contribution in [0.5, 0.6) is 0 Å². The summed E-state index contributed by atoms with van der Waals surface area (Å²) in [6.45, 7) is 3.63. The fraction of sp³-hybridized carbons (Fsp3) is 0.367. The summed E-state index contributed by atoms with van der Waals surface area (Å²) in [5, 5.41) is 2.99. The van der Waals surface area contributed by atoms with E-state index in [2.05, 4.69) is 21.0 Å². The van der Waals surface area contributed by atoms with Crippen molar-refractivity contribution in [2.24, 2.45) is 0 Å². The van der Waals surface area contributed by atoms with Crippen LogP contribution in [0.2, 0.25) is 0 Å². The summed E-state index contributed by atoms with van der Waals surface area (Å²) >= 11 is 0. The van der Waals surface area contributed by atoms with Crippen LogP contribution in [0, 0.1) is 0 Å². The first-order valence-electron chi connectivity index (χ1n) is 13.3. The van der Waals surface area contributed by atoms with Crippen LogP contribution in [-0.2, 0) is 21.2 Å². The van der Waals surface area contributed by atoms with E-state index in [9.17, 15) is 13.2 Å². The number of amides is 1. The van der Waals surface area contributed by atoms with Gasteiger partial charge in [0, 0.05) is 24.8 Å². The van der Waals surface area contributed by atoms with Crippen molar-refractivity contribution < 1.29 is 13.2 Å². The Labute approximate surface area is 220 Å². The van der Waals surface area contributed by atoms with Crippen LogP contribution >= 0.6 is 0 Å². The van der Waals surface area contributed by atoms with E-state index in [0.717, 1.165) is 56.3 Å². The number of aryl methyl sites for hydroxylation is 1. The van der Waals surface area contributed by atoms with Crippen molar-refractivity contribution in [1.82, 2.24) is 4.72 Å². The molecule has 1 fully saturated rings. The summed E-state index contributed by atoms with van der Waals surface area (Å²) < 4.78 is 30.8. The minimum absolute atomic E-state index is 0.139. The van der Waals surface area contributed by atoms with Gasteiger partial charge >= 0.3 is 0 Å². The van der Waals surface area contributed by atoms with Gasteiger partial charge in [-0.1, -0.05) is 61.5 Å². The highest BCUT2D eigenvalue weighted by atomic mass is 32.2. The van der Waals surface area contributed by atoms with E-state index < -0.39 is 10.0 Å². The zero-order valence-corrected chi connectivity index (χ0v) is 22.1. The topological polar surface area (TPSA) is 78.5 Å². The molecular weight excluding hydrogens is 482 g/mol. The Bertz CT molecular complexity index is 1350. The van der Waals surface area contributed by atoms with Gasteiger partial charge in [0.15, 0.2) is 0 Å². The van der Waals surface area contributed by atoms with E-state index in [1.54, 1.807) is 6.07 Å². The number of nitrogens with zero attached hydrogens (tertiary/aromatic N) is 1. The average Bonchev–Trinajstić information content (AvgIpc) is 3.45. The molecule has 1 heterocycles. The average molecular weight is 518 g/mol. The second-order valence-electron chi connectivity index (χ2n) is 10.0. The number of sulfonamides is 1. The van der Waals surface area contributed by atoms with Gasteiger partial charge in [-0.2, -0.15) is 0 Å². The Morgan fingerprint density at radius 3 is 2.46 bits per heavy atom. The third-order valence-corrected chi connectivity index (χ3v) is 9.06. The van der Waals surface area contributed by atoms with E-state index >= 15 is 0 Å². The molecule has 5 rings (SSSR count). The smallest absolute Gasteiger partial charge is 0.243 e. The molecule has 0 unspecified atom stereocenters. The third-order valence-electron chi connectivity index (χ3n) is 7.56. The van der Waals surface area contributed by atoms with Gasteiger partial charge in [-0.15, -0.1) is 0 Å². The number of nitrogens with one attached hydrogen (secondary N) is 2. The quantitative estimate of drug-likeness (QED) is 0.397. The number of benzene rings is 3. The number of rotatable bonds is 8. The van der Waals surface area contributed by atoms with Crippen LogP contribution in [0.1, 0.15) is 67.7 Å². The molecular formula is C30H35N3O3S. The normalized spacial score (nSPS) is 18.3. The first-order valence-corrected chi connectivity index (χ1v) is 14.8. The van der Waals surface area contributed by atoms with Gasteiger partial charge in [-0.25, -0.2) is 13.1 Å². The molecule has 1 saturated heterocycles. The highest BCUT2D eigenvalue weighted by Gasteiger charge is 2.30. The molecule has 0 saturated carbocycles. The molecule has 37 heavy (non-hydrogen) atoms. The SMILES string of the molecule is CC[C@@H](C(=O)Nc1ccc(N2CCCC2)c(S(=O)(=O)N[C@@H]2CCCc3ccccc32)c1)c1ccccc1. The lowest BCUT2D eigenvalue weighted by Gasteiger charge is -2.28. The molecule has 3 aromatic rings. The first kappa shape index (κ1) is 25.5. The van der Waals surface area contributed by atoms with Crippen molar-refractivity contribution >= 4 is 27.3 Å².